The molecule has 0 aromatic rings. The third-order valence-corrected chi connectivity index (χ3v) is 4.50. The summed E-state index contributed by atoms with van der Waals surface area (Å²) in [5.41, 5.74) is 0. The van der Waals surface area contributed by atoms with E-state index in [1.54, 1.807) is 0 Å². The number of nitrogens with zero attached hydrogens (tertiary/aromatic N) is 1. The largest absolute Gasteiger partial charge is 0.396 e. The molecule has 0 bridgehead atoms. The van der Waals surface area contributed by atoms with Crippen LogP contribution in [0.3, 0.4) is 0 Å². The van der Waals surface area contributed by atoms with Gasteiger partial charge in [0, 0.05) is 19.7 Å². The molecule has 0 radical (unpaired) electrons. The molecule has 1 heterocycles. The lowest BCUT2D eigenvalue weighted by Gasteiger charge is -2.37. The second-order valence-corrected chi connectivity index (χ2v) is 5.89. The van der Waals surface area contributed by atoms with Crippen molar-refractivity contribution in [2.24, 2.45) is 11.8 Å². The number of aliphatic hydroxyl groups is 2. The van der Waals surface area contributed by atoms with Crippen molar-refractivity contribution in [1.29, 1.82) is 0 Å². The van der Waals surface area contributed by atoms with Crippen molar-refractivity contribution in [1.82, 2.24) is 4.90 Å². The van der Waals surface area contributed by atoms with E-state index in [4.69, 9.17) is 5.11 Å². The first-order valence-electron chi connectivity index (χ1n) is 7.31. The summed E-state index contributed by atoms with van der Waals surface area (Å²) in [6.45, 7) is 3.71. The Morgan fingerprint density at radius 1 is 1.06 bits per heavy atom. The fraction of sp³-hybridized carbons (Fsp3) is 1.00. The van der Waals surface area contributed by atoms with Crippen LogP contribution in [-0.2, 0) is 0 Å². The maximum absolute atomic E-state index is 10.0. The zero-order valence-electron chi connectivity index (χ0n) is 10.9. The Kier molecular flexibility index (Phi) is 5.26. The highest BCUT2D eigenvalue weighted by atomic mass is 16.3. The van der Waals surface area contributed by atoms with E-state index in [1.807, 2.05) is 0 Å². The topological polar surface area (TPSA) is 43.7 Å². The standard InChI is InChI=1S/C14H27NO2/c16-9-7-12-4-3-8-15(10-12)11-13-5-1-2-6-14(13)17/h12-14,16-17H,1-11H2. The van der Waals surface area contributed by atoms with Gasteiger partial charge in [0.2, 0.25) is 0 Å². The quantitative estimate of drug-likeness (QED) is 0.786. The maximum Gasteiger partial charge on any atom is 0.0580 e. The molecule has 0 amide bonds. The third kappa shape index (κ3) is 3.94. The Hall–Kier alpha value is -0.120. The summed E-state index contributed by atoms with van der Waals surface area (Å²) in [4.78, 5) is 2.52. The molecule has 2 aliphatic rings. The van der Waals surface area contributed by atoms with Crippen LogP contribution in [0.4, 0.5) is 0 Å². The fourth-order valence-corrected chi connectivity index (χ4v) is 3.47. The summed E-state index contributed by atoms with van der Waals surface area (Å²) in [7, 11) is 0. The van der Waals surface area contributed by atoms with Gasteiger partial charge in [-0.3, -0.25) is 0 Å². The molecular weight excluding hydrogens is 214 g/mol. The monoisotopic (exact) mass is 241 g/mol. The molecule has 2 rings (SSSR count). The normalized spacial score (nSPS) is 36.0. The van der Waals surface area contributed by atoms with Gasteiger partial charge in [-0.25, -0.2) is 0 Å². The van der Waals surface area contributed by atoms with E-state index in [9.17, 15) is 5.11 Å². The summed E-state index contributed by atoms with van der Waals surface area (Å²) in [6, 6.07) is 0. The minimum atomic E-state index is -0.0676. The SMILES string of the molecule is OCCC1CCCN(CC2CCCCC2O)C1. The van der Waals surface area contributed by atoms with Crippen molar-refractivity contribution in [3.8, 4) is 0 Å². The van der Waals surface area contributed by atoms with E-state index in [0.29, 0.717) is 18.4 Å². The zero-order valence-corrected chi connectivity index (χ0v) is 10.9. The van der Waals surface area contributed by atoms with Crippen molar-refractivity contribution in [3.05, 3.63) is 0 Å². The first kappa shape index (κ1) is 13.3. The van der Waals surface area contributed by atoms with Gasteiger partial charge in [-0.2, -0.15) is 0 Å². The summed E-state index contributed by atoms with van der Waals surface area (Å²) < 4.78 is 0. The van der Waals surface area contributed by atoms with Gasteiger partial charge in [-0.05, 0) is 50.5 Å². The first-order valence-corrected chi connectivity index (χ1v) is 7.31. The molecule has 3 unspecified atom stereocenters. The van der Waals surface area contributed by atoms with E-state index in [0.717, 1.165) is 25.9 Å². The predicted octanol–water partition coefficient (Wildman–Crippen LogP) is 1.63. The Labute approximate surface area is 105 Å². The number of piperidine rings is 1. The Bertz CT molecular complexity index is 220. The van der Waals surface area contributed by atoms with E-state index in [2.05, 4.69) is 4.90 Å². The first-order chi connectivity index (χ1) is 8.29. The molecule has 1 saturated heterocycles. The van der Waals surface area contributed by atoms with Crippen LogP contribution in [0.25, 0.3) is 0 Å². The van der Waals surface area contributed by atoms with Gasteiger partial charge in [-0.1, -0.05) is 12.8 Å². The maximum atomic E-state index is 10.0. The molecule has 0 aromatic heterocycles. The number of rotatable bonds is 4. The van der Waals surface area contributed by atoms with Gasteiger partial charge in [0.1, 0.15) is 0 Å². The molecule has 100 valence electrons. The van der Waals surface area contributed by atoms with E-state index in [1.165, 1.54) is 38.6 Å². The van der Waals surface area contributed by atoms with Gasteiger partial charge in [-0.15, -0.1) is 0 Å². The van der Waals surface area contributed by atoms with Crippen molar-refractivity contribution < 1.29 is 10.2 Å². The number of aliphatic hydroxyl groups excluding tert-OH is 2. The van der Waals surface area contributed by atoms with Crippen LogP contribution in [0.15, 0.2) is 0 Å². The Balaban J connectivity index is 1.77. The lowest BCUT2D eigenvalue weighted by atomic mass is 9.85. The minimum Gasteiger partial charge on any atom is -0.396 e. The van der Waals surface area contributed by atoms with E-state index in [-0.39, 0.29) is 6.10 Å². The van der Waals surface area contributed by atoms with Crippen molar-refractivity contribution >= 4 is 0 Å². The van der Waals surface area contributed by atoms with Crippen LogP contribution < -0.4 is 0 Å². The highest BCUT2D eigenvalue weighted by molar-refractivity contribution is 4.80. The van der Waals surface area contributed by atoms with Crippen LogP contribution in [-0.4, -0.2) is 47.5 Å². The van der Waals surface area contributed by atoms with Gasteiger partial charge < -0.3 is 15.1 Å². The van der Waals surface area contributed by atoms with Gasteiger partial charge >= 0.3 is 0 Å². The van der Waals surface area contributed by atoms with Gasteiger partial charge in [0.15, 0.2) is 0 Å². The van der Waals surface area contributed by atoms with Crippen LogP contribution in [0.2, 0.25) is 0 Å². The molecule has 3 atom stereocenters. The molecule has 0 spiro atoms. The zero-order chi connectivity index (χ0) is 12.1. The molecule has 1 aliphatic heterocycles. The highest BCUT2D eigenvalue weighted by Gasteiger charge is 2.27. The molecule has 1 saturated carbocycles. The highest BCUT2D eigenvalue weighted by Crippen LogP contribution is 2.27. The van der Waals surface area contributed by atoms with Crippen LogP contribution in [0.5, 0.6) is 0 Å². The average Bonchev–Trinajstić information content (AvgIpc) is 2.33. The predicted molar refractivity (Wildman–Crippen MR) is 68.8 cm³/mol. The Morgan fingerprint density at radius 3 is 2.65 bits per heavy atom. The smallest absolute Gasteiger partial charge is 0.0580 e. The summed E-state index contributed by atoms with van der Waals surface area (Å²) in [5.74, 6) is 1.17. The molecule has 2 fully saturated rings. The van der Waals surface area contributed by atoms with Crippen molar-refractivity contribution in [3.63, 3.8) is 0 Å². The fourth-order valence-electron chi connectivity index (χ4n) is 3.47. The van der Waals surface area contributed by atoms with Crippen LogP contribution in [0, 0.1) is 11.8 Å². The number of likely N-dealkylation sites (tertiary alicyclic amines) is 1. The molecule has 1 aliphatic carbocycles. The summed E-state index contributed by atoms with van der Waals surface area (Å²) in [5, 5.41) is 19.0. The lowest BCUT2D eigenvalue weighted by molar-refractivity contribution is 0.0343. The number of hydrogen-bond donors (Lipinski definition) is 2. The summed E-state index contributed by atoms with van der Waals surface area (Å²) >= 11 is 0. The van der Waals surface area contributed by atoms with Crippen molar-refractivity contribution in [2.45, 2.75) is 51.0 Å². The Morgan fingerprint density at radius 2 is 1.88 bits per heavy atom. The van der Waals surface area contributed by atoms with E-state index < -0.39 is 0 Å². The van der Waals surface area contributed by atoms with Gasteiger partial charge in [0.25, 0.3) is 0 Å². The lowest BCUT2D eigenvalue weighted by Crippen LogP contribution is -2.42. The summed E-state index contributed by atoms with van der Waals surface area (Å²) in [6.07, 6.45) is 8.09. The second-order valence-electron chi connectivity index (χ2n) is 5.89. The van der Waals surface area contributed by atoms with Gasteiger partial charge in [0.05, 0.1) is 6.10 Å². The number of hydrogen-bond acceptors (Lipinski definition) is 3. The molecule has 3 heteroatoms. The molecule has 3 nitrogen and oxygen atoms in total. The second kappa shape index (κ2) is 6.72. The van der Waals surface area contributed by atoms with Crippen LogP contribution >= 0.6 is 0 Å². The molecule has 0 aromatic carbocycles. The third-order valence-electron chi connectivity index (χ3n) is 4.50. The average molecular weight is 241 g/mol. The van der Waals surface area contributed by atoms with Crippen LogP contribution in [0.1, 0.15) is 44.9 Å². The van der Waals surface area contributed by atoms with Crippen molar-refractivity contribution in [2.75, 3.05) is 26.2 Å². The molecule has 2 N–H and O–H groups in total. The molecule has 17 heavy (non-hydrogen) atoms. The molecular formula is C14H27NO2. The van der Waals surface area contributed by atoms with E-state index >= 15 is 0 Å². The minimum absolute atomic E-state index is 0.0676.